The van der Waals surface area contributed by atoms with Crippen LogP contribution in [0.2, 0.25) is 0 Å². The number of nitrogens with zero attached hydrogens (tertiary/aromatic N) is 1. The summed E-state index contributed by atoms with van der Waals surface area (Å²) in [5.41, 5.74) is 0. The summed E-state index contributed by atoms with van der Waals surface area (Å²) in [7, 11) is 0. The lowest BCUT2D eigenvalue weighted by Gasteiger charge is -2.23. The fourth-order valence-corrected chi connectivity index (χ4v) is 2.64. The Bertz CT molecular complexity index is 331. The molecule has 1 aliphatic rings. The molecule has 96 valence electrons. The Morgan fingerprint density at radius 1 is 1.59 bits per heavy atom. The average molecular weight is 259 g/mol. The maximum Gasteiger partial charge on any atom is 0.305 e. The van der Waals surface area contributed by atoms with Crippen LogP contribution in [0.4, 0.5) is 0 Å². The Hall–Kier alpha value is -1.04. The predicted molar refractivity (Wildman–Crippen MR) is 64.7 cm³/mol. The molecule has 0 radical (unpaired) electrons. The summed E-state index contributed by atoms with van der Waals surface area (Å²) in [6.07, 6.45) is 0.391. The third kappa shape index (κ3) is 4.38. The van der Waals surface area contributed by atoms with E-state index in [1.165, 1.54) is 18.7 Å². The number of aliphatic carboxylic acids is 1. The second-order valence-corrected chi connectivity index (χ2v) is 5.56. The molecule has 0 saturated carbocycles. The van der Waals surface area contributed by atoms with Crippen molar-refractivity contribution in [2.45, 2.75) is 32.7 Å². The van der Waals surface area contributed by atoms with Gasteiger partial charge in [0.1, 0.15) is 0 Å². The van der Waals surface area contributed by atoms with Gasteiger partial charge in [0.25, 0.3) is 0 Å². The molecule has 0 aliphatic carbocycles. The lowest BCUT2D eigenvalue weighted by molar-refractivity contribution is -0.139. The molecular formula is C11H17NO4S. The topological polar surface area (TPSA) is 74.7 Å². The summed E-state index contributed by atoms with van der Waals surface area (Å²) in [5, 5.41) is 8.74. The zero-order chi connectivity index (χ0) is 13.0. The van der Waals surface area contributed by atoms with Crippen molar-refractivity contribution in [3.63, 3.8) is 0 Å². The van der Waals surface area contributed by atoms with Crippen LogP contribution in [0.3, 0.4) is 0 Å². The van der Waals surface area contributed by atoms with Gasteiger partial charge in [-0.3, -0.25) is 14.4 Å². The molecule has 0 spiro atoms. The lowest BCUT2D eigenvalue weighted by Crippen LogP contribution is -2.36. The van der Waals surface area contributed by atoms with Crippen molar-refractivity contribution >= 4 is 28.8 Å². The number of carbonyl (C=O) groups is 3. The Morgan fingerprint density at radius 3 is 2.76 bits per heavy atom. The summed E-state index contributed by atoms with van der Waals surface area (Å²) in [4.78, 5) is 34.7. The van der Waals surface area contributed by atoms with Crippen LogP contribution in [0.25, 0.3) is 0 Å². The quantitative estimate of drug-likeness (QED) is 0.796. The van der Waals surface area contributed by atoms with Crippen LogP contribution in [0.15, 0.2) is 0 Å². The second kappa shape index (κ2) is 6.05. The summed E-state index contributed by atoms with van der Waals surface area (Å²) >= 11 is 1.22. The maximum absolute atomic E-state index is 11.7. The fraction of sp³-hybridized carbons (Fsp3) is 0.727. The van der Waals surface area contributed by atoms with Crippen LogP contribution in [0, 0.1) is 5.92 Å². The molecule has 1 rings (SSSR count). The van der Waals surface area contributed by atoms with Crippen molar-refractivity contribution in [2.24, 2.45) is 5.92 Å². The minimum atomic E-state index is -0.896. The van der Waals surface area contributed by atoms with Gasteiger partial charge in [-0.25, -0.2) is 0 Å². The number of amides is 1. The first kappa shape index (κ1) is 14.0. The van der Waals surface area contributed by atoms with Crippen LogP contribution in [-0.4, -0.2) is 45.3 Å². The molecule has 1 aliphatic heterocycles. The first-order valence-electron chi connectivity index (χ1n) is 5.54. The van der Waals surface area contributed by atoms with E-state index in [9.17, 15) is 14.4 Å². The average Bonchev–Trinajstić information content (AvgIpc) is 2.55. The molecule has 0 bridgehead atoms. The highest BCUT2D eigenvalue weighted by Crippen LogP contribution is 2.24. The molecule has 1 heterocycles. The summed E-state index contributed by atoms with van der Waals surface area (Å²) in [6.45, 7) is 3.81. The zero-order valence-corrected chi connectivity index (χ0v) is 10.8. The van der Waals surface area contributed by atoms with Gasteiger partial charge < -0.3 is 10.0 Å². The minimum Gasteiger partial charge on any atom is -0.481 e. The molecule has 2 atom stereocenters. The van der Waals surface area contributed by atoms with Gasteiger partial charge >= 0.3 is 5.97 Å². The highest BCUT2D eigenvalue weighted by molar-refractivity contribution is 8.13. The molecule has 0 aromatic rings. The Balaban J connectivity index is 2.46. The second-order valence-electron chi connectivity index (χ2n) is 4.37. The summed E-state index contributed by atoms with van der Waals surface area (Å²) < 4.78 is 0. The van der Waals surface area contributed by atoms with E-state index in [0.29, 0.717) is 18.7 Å². The SMILES string of the molecule is CC(=O)SCC1CC(=O)N([C@H](C)CC(=O)O)C1. The van der Waals surface area contributed by atoms with Crippen LogP contribution < -0.4 is 0 Å². The predicted octanol–water partition coefficient (Wildman–Crippen LogP) is 0.978. The largest absolute Gasteiger partial charge is 0.481 e. The third-order valence-electron chi connectivity index (χ3n) is 2.76. The van der Waals surface area contributed by atoms with E-state index in [0.717, 1.165) is 0 Å². The number of hydrogen-bond donors (Lipinski definition) is 1. The minimum absolute atomic E-state index is 0.00657. The number of rotatable bonds is 5. The first-order valence-corrected chi connectivity index (χ1v) is 6.53. The molecule has 1 amide bonds. The van der Waals surface area contributed by atoms with Crippen molar-refractivity contribution in [3.05, 3.63) is 0 Å². The van der Waals surface area contributed by atoms with E-state index in [1.54, 1.807) is 11.8 Å². The first-order chi connectivity index (χ1) is 7.90. The monoisotopic (exact) mass is 259 g/mol. The normalized spacial score (nSPS) is 21.6. The van der Waals surface area contributed by atoms with Gasteiger partial charge in [-0.05, 0) is 12.8 Å². The van der Waals surface area contributed by atoms with Crippen molar-refractivity contribution in [2.75, 3.05) is 12.3 Å². The van der Waals surface area contributed by atoms with Crippen LogP contribution in [0.5, 0.6) is 0 Å². The van der Waals surface area contributed by atoms with Crippen molar-refractivity contribution < 1.29 is 19.5 Å². The number of thioether (sulfide) groups is 1. The molecule has 1 unspecified atom stereocenters. The van der Waals surface area contributed by atoms with Gasteiger partial charge in [0.2, 0.25) is 5.91 Å². The van der Waals surface area contributed by atoms with Gasteiger partial charge in [0, 0.05) is 31.7 Å². The number of carboxylic acid groups (broad SMARTS) is 1. The molecule has 0 aromatic heterocycles. The van der Waals surface area contributed by atoms with E-state index >= 15 is 0 Å². The maximum atomic E-state index is 11.7. The molecular weight excluding hydrogens is 242 g/mol. The van der Waals surface area contributed by atoms with Gasteiger partial charge in [-0.1, -0.05) is 11.8 Å². The molecule has 0 aromatic carbocycles. The Morgan fingerprint density at radius 2 is 2.24 bits per heavy atom. The van der Waals surface area contributed by atoms with Crippen LogP contribution in [-0.2, 0) is 14.4 Å². The fourth-order valence-electron chi connectivity index (χ4n) is 1.94. The number of hydrogen-bond acceptors (Lipinski definition) is 4. The summed E-state index contributed by atoms with van der Waals surface area (Å²) in [6, 6.07) is -0.271. The van der Waals surface area contributed by atoms with Gasteiger partial charge in [0.15, 0.2) is 5.12 Å². The van der Waals surface area contributed by atoms with Gasteiger partial charge in [-0.2, -0.15) is 0 Å². The molecule has 1 saturated heterocycles. The zero-order valence-electron chi connectivity index (χ0n) is 10.0. The molecule has 17 heavy (non-hydrogen) atoms. The van der Waals surface area contributed by atoms with E-state index in [4.69, 9.17) is 5.11 Å². The molecule has 5 nitrogen and oxygen atoms in total. The Kier molecular flexibility index (Phi) is 4.99. The molecule has 1 fully saturated rings. The molecule has 1 N–H and O–H groups in total. The summed E-state index contributed by atoms with van der Waals surface area (Å²) in [5.74, 6) is -0.107. The molecule has 6 heteroatoms. The number of likely N-dealkylation sites (tertiary alicyclic amines) is 1. The van der Waals surface area contributed by atoms with Gasteiger partial charge in [0.05, 0.1) is 6.42 Å². The van der Waals surface area contributed by atoms with Crippen molar-refractivity contribution in [3.8, 4) is 0 Å². The number of carboxylic acids is 1. The standard InChI is InChI=1S/C11H17NO4S/c1-7(3-11(15)16)12-5-9(4-10(12)14)6-17-8(2)13/h7,9H,3-6H2,1-2H3,(H,15,16)/t7-,9?/m1/s1. The van der Waals surface area contributed by atoms with Crippen LogP contribution >= 0.6 is 11.8 Å². The third-order valence-corrected chi connectivity index (χ3v) is 3.81. The van der Waals surface area contributed by atoms with E-state index in [2.05, 4.69) is 0 Å². The van der Waals surface area contributed by atoms with Crippen molar-refractivity contribution in [1.29, 1.82) is 0 Å². The highest BCUT2D eigenvalue weighted by atomic mass is 32.2. The smallest absolute Gasteiger partial charge is 0.305 e. The Labute approximate surface area is 105 Å². The number of carbonyl (C=O) groups excluding carboxylic acids is 2. The van der Waals surface area contributed by atoms with Crippen LogP contribution in [0.1, 0.15) is 26.7 Å². The highest BCUT2D eigenvalue weighted by Gasteiger charge is 2.33. The lowest BCUT2D eigenvalue weighted by atomic mass is 10.1. The van der Waals surface area contributed by atoms with E-state index < -0.39 is 5.97 Å². The van der Waals surface area contributed by atoms with Gasteiger partial charge in [-0.15, -0.1) is 0 Å². The van der Waals surface area contributed by atoms with Crippen molar-refractivity contribution in [1.82, 2.24) is 4.90 Å². The van der Waals surface area contributed by atoms with E-state index in [1.807, 2.05) is 0 Å². The van der Waals surface area contributed by atoms with E-state index in [-0.39, 0.29) is 29.4 Å².